The van der Waals surface area contributed by atoms with Crippen molar-refractivity contribution in [2.24, 2.45) is 0 Å². The van der Waals surface area contributed by atoms with Crippen LogP contribution < -0.4 is 15.7 Å². The first kappa shape index (κ1) is 18.4. The zero-order valence-electron chi connectivity index (χ0n) is 14.3. The van der Waals surface area contributed by atoms with Gasteiger partial charge in [0, 0.05) is 17.5 Å². The van der Waals surface area contributed by atoms with Crippen LogP contribution in [0.25, 0.3) is 4.85 Å². The fraction of sp³-hybridized carbons (Fsp3) is 0.0952. The van der Waals surface area contributed by atoms with Crippen LogP contribution in [0.4, 0.5) is 0 Å². The van der Waals surface area contributed by atoms with Crippen LogP contribution in [0.3, 0.4) is 0 Å². The van der Waals surface area contributed by atoms with Gasteiger partial charge >= 0.3 is 5.66 Å². The second kappa shape index (κ2) is 7.48. The molecule has 3 rings (SSSR count). The molecule has 0 saturated carbocycles. The second-order valence-electron chi connectivity index (χ2n) is 6.06. The number of hydrogen-bond donors (Lipinski definition) is 1. The van der Waals surface area contributed by atoms with Gasteiger partial charge in [-0.25, -0.2) is 6.57 Å². The summed E-state index contributed by atoms with van der Waals surface area (Å²) in [6, 6.07) is 25.5. The lowest BCUT2D eigenvalue weighted by molar-refractivity contribution is 0.522. The van der Waals surface area contributed by atoms with Crippen LogP contribution >= 0.6 is 18.9 Å². The lowest BCUT2D eigenvalue weighted by Crippen LogP contribution is -2.40. The Labute approximate surface area is 158 Å². The SMILES string of the molecule is [C-]#[N+][C@](C)(NP(=O)(c1ccccc1)c1ccccc1)c1ccccc1Cl. The van der Waals surface area contributed by atoms with Gasteiger partial charge < -0.3 is 0 Å². The van der Waals surface area contributed by atoms with E-state index in [9.17, 15) is 4.57 Å². The molecular weight excluding hydrogens is 363 g/mol. The molecule has 0 heterocycles. The Hall–Kier alpha value is -2.37. The third-order valence-corrected chi connectivity index (χ3v) is 7.37. The maximum absolute atomic E-state index is 14.2. The zero-order valence-corrected chi connectivity index (χ0v) is 15.9. The third-order valence-electron chi connectivity index (χ3n) is 4.24. The highest BCUT2D eigenvalue weighted by molar-refractivity contribution is 7.77. The highest BCUT2D eigenvalue weighted by Crippen LogP contribution is 2.45. The lowest BCUT2D eigenvalue weighted by atomic mass is 10.0. The first-order valence-electron chi connectivity index (χ1n) is 8.14. The summed E-state index contributed by atoms with van der Waals surface area (Å²) in [6.45, 7) is 9.49. The molecule has 0 bridgehead atoms. The summed E-state index contributed by atoms with van der Waals surface area (Å²) in [5, 5.41) is 4.92. The van der Waals surface area contributed by atoms with Crippen molar-refractivity contribution < 1.29 is 4.57 Å². The van der Waals surface area contributed by atoms with Crippen LogP contribution in [-0.4, -0.2) is 0 Å². The van der Waals surface area contributed by atoms with Crippen LogP contribution in [0.1, 0.15) is 12.5 Å². The summed E-state index contributed by atoms with van der Waals surface area (Å²) < 4.78 is 14.2. The van der Waals surface area contributed by atoms with Crippen molar-refractivity contribution in [3.05, 3.63) is 107 Å². The van der Waals surface area contributed by atoms with Gasteiger partial charge in [0.25, 0.3) is 0 Å². The minimum Gasteiger partial charge on any atom is -0.296 e. The summed E-state index contributed by atoms with van der Waals surface area (Å²) in [5.41, 5.74) is -0.636. The fourth-order valence-electron chi connectivity index (χ4n) is 2.86. The van der Waals surface area contributed by atoms with Crippen LogP contribution in [0.2, 0.25) is 5.02 Å². The minimum atomic E-state index is -3.27. The highest BCUT2D eigenvalue weighted by atomic mass is 35.5. The van der Waals surface area contributed by atoms with Gasteiger partial charge in [-0.1, -0.05) is 60.1 Å². The minimum absolute atomic E-state index is 0.464. The Morgan fingerprint density at radius 1 is 0.885 bits per heavy atom. The number of halogens is 1. The number of hydrogen-bond acceptors (Lipinski definition) is 1. The van der Waals surface area contributed by atoms with Gasteiger partial charge in [-0.3, -0.25) is 9.41 Å². The van der Waals surface area contributed by atoms with Crippen LogP contribution in [0.15, 0.2) is 84.9 Å². The maximum Gasteiger partial charge on any atom is 0.316 e. The molecular formula is C21H18ClN2OP. The number of nitrogens with one attached hydrogen (secondary N) is 1. The summed E-state index contributed by atoms with van der Waals surface area (Å²) >= 11 is 6.34. The first-order valence-corrected chi connectivity index (χ1v) is 10.2. The second-order valence-corrected chi connectivity index (χ2v) is 8.94. The van der Waals surface area contributed by atoms with Crippen molar-refractivity contribution >= 4 is 29.5 Å². The molecule has 0 saturated heterocycles. The first-order chi connectivity index (χ1) is 12.5. The molecule has 0 aromatic heterocycles. The average molecular weight is 381 g/mol. The van der Waals surface area contributed by atoms with E-state index in [-0.39, 0.29) is 0 Å². The van der Waals surface area contributed by atoms with E-state index in [0.29, 0.717) is 21.2 Å². The Bertz CT molecular complexity index is 942. The molecule has 0 aliphatic heterocycles. The normalized spacial score (nSPS) is 13.6. The third kappa shape index (κ3) is 3.45. The summed E-state index contributed by atoms with van der Waals surface area (Å²) in [5.74, 6) is 0. The predicted molar refractivity (Wildman–Crippen MR) is 108 cm³/mol. The smallest absolute Gasteiger partial charge is 0.296 e. The van der Waals surface area contributed by atoms with Crippen molar-refractivity contribution in [3.63, 3.8) is 0 Å². The van der Waals surface area contributed by atoms with E-state index < -0.39 is 13.0 Å². The van der Waals surface area contributed by atoms with E-state index in [1.54, 1.807) is 19.1 Å². The van der Waals surface area contributed by atoms with Crippen molar-refractivity contribution in [1.29, 1.82) is 0 Å². The fourth-order valence-corrected chi connectivity index (χ4v) is 5.71. The summed E-state index contributed by atoms with van der Waals surface area (Å²) in [6.07, 6.45) is 0. The molecule has 130 valence electrons. The molecule has 3 aromatic carbocycles. The van der Waals surface area contributed by atoms with Gasteiger partial charge in [-0.15, -0.1) is 0 Å². The monoisotopic (exact) mass is 380 g/mol. The molecule has 3 aromatic rings. The van der Waals surface area contributed by atoms with Gasteiger partial charge in [0.05, 0.1) is 10.6 Å². The Morgan fingerprint density at radius 2 is 1.35 bits per heavy atom. The Kier molecular flexibility index (Phi) is 5.30. The molecule has 3 nitrogen and oxygen atoms in total. The topological polar surface area (TPSA) is 33.5 Å². The molecule has 1 N–H and O–H groups in total. The lowest BCUT2D eigenvalue weighted by Gasteiger charge is -2.27. The molecule has 0 fully saturated rings. The van der Waals surface area contributed by atoms with E-state index in [2.05, 4.69) is 9.93 Å². The van der Waals surface area contributed by atoms with Crippen molar-refractivity contribution in [2.45, 2.75) is 12.6 Å². The van der Waals surface area contributed by atoms with E-state index in [0.717, 1.165) is 0 Å². The molecule has 0 amide bonds. The van der Waals surface area contributed by atoms with Crippen LogP contribution in [0.5, 0.6) is 0 Å². The maximum atomic E-state index is 14.2. The quantitative estimate of drug-likeness (QED) is 0.502. The van der Waals surface area contributed by atoms with Gasteiger partial charge in [-0.2, -0.15) is 5.09 Å². The van der Waals surface area contributed by atoms with Gasteiger partial charge in [0.2, 0.25) is 7.29 Å². The molecule has 0 aliphatic carbocycles. The molecule has 26 heavy (non-hydrogen) atoms. The molecule has 0 radical (unpaired) electrons. The molecule has 0 unspecified atom stereocenters. The highest BCUT2D eigenvalue weighted by Gasteiger charge is 2.43. The standard InChI is InChI=1S/C21H18ClN2OP/c1-21(23-2,19-15-9-10-16-20(19)22)24-26(25,17-11-5-3-6-12-17)18-13-7-4-8-14-18/h3-16H,1H3,(H,24,25)/t21-/m1/s1. The molecule has 0 aliphatic rings. The van der Waals surface area contributed by atoms with Gasteiger partial charge in [-0.05, 0) is 36.4 Å². The predicted octanol–water partition coefficient (Wildman–Crippen LogP) is 4.95. The number of rotatable bonds is 5. The number of nitrogens with zero attached hydrogens (tertiary/aromatic N) is 1. The van der Waals surface area contributed by atoms with E-state index in [1.807, 2.05) is 72.8 Å². The summed E-state index contributed by atoms with van der Waals surface area (Å²) in [4.78, 5) is 3.77. The van der Waals surface area contributed by atoms with E-state index >= 15 is 0 Å². The van der Waals surface area contributed by atoms with Crippen LogP contribution in [-0.2, 0) is 10.2 Å². The Balaban J connectivity index is 2.17. The van der Waals surface area contributed by atoms with Crippen molar-refractivity contribution in [3.8, 4) is 0 Å². The Morgan fingerprint density at radius 3 is 1.81 bits per heavy atom. The van der Waals surface area contributed by atoms with Crippen LogP contribution in [0, 0.1) is 6.57 Å². The molecule has 0 spiro atoms. The molecule has 1 atom stereocenters. The van der Waals surface area contributed by atoms with Crippen molar-refractivity contribution in [2.75, 3.05) is 0 Å². The zero-order chi connectivity index (χ0) is 18.6. The number of benzene rings is 3. The molecule has 5 heteroatoms. The summed E-state index contributed by atoms with van der Waals surface area (Å²) in [7, 11) is -3.27. The van der Waals surface area contributed by atoms with Crippen molar-refractivity contribution in [1.82, 2.24) is 5.09 Å². The van der Waals surface area contributed by atoms with E-state index in [4.69, 9.17) is 18.2 Å². The largest absolute Gasteiger partial charge is 0.316 e. The average Bonchev–Trinajstić information content (AvgIpc) is 2.69. The van der Waals surface area contributed by atoms with Gasteiger partial charge in [0.1, 0.15) is 0 Å². The van der Waals surface area contributed by atoms with Gasteiger partial charge in [0.15, 0.2) is 0 Å². The van der Waals surface area contributed by atoms with E-state index in [1.165, 1.54) is 0 Å².